The van der Waals surface area contributed by atoms with Gasteiger partial charge in [0.1, 0.15) is 0 Å². The first kappa shape index (κ1) is 28.6. The van der Waals surface area contributed by atoms with Crippen molar-refractivity contribution in [2.45, 2.75) is 19.3 Å². The van der Waals surface area contributed by atoms with E-state index in [-0.39, 0.29) is 5.41 Å². The summed E-state index contributed by atoms with van der Waals surface area (Å²) < 4.78 is 0. The summed E-state index contributed by atoms with van der Waals surface area (Å²) in [6.45, 7) is 4.67. The zero-order chi connectivity index (χ0) is 31.8. The Hall–Kier alpha value is -5.86. The number of rotatable bonds is 7. The molecule has 2 heteroatoms. The van der Waals surface area contributed by atoms with Crippen LogP contribution in [0.3, 0.4) is 0 Å². The molecular weight excluding hydrogens is 569 g/mol. The van der Waals surface area contributed by atoms with E-state index >= 15 is 0 Å². The zero-order valence-electron chi connectivity index (χ0n) is 26.7. The number of para-hydroxylation sites is 2. The molecule has 0 fully saturated rings. The summed E-state index contributed by atoms with van der Waals surface area (Å²) in [4.78, 5) is 4.69. The molecule has 2 nitrogen and oxygen atoms in total. The number of fused-ring (bicyclic) bond motifs is 3. The van der Waals surface area contributed by atoms with Crippen LogP contribution in [0.5, 0.6) is 0 Å². The fourth-order valence-electron chi connectivity index (χ4n) is 7.10. The van der Waals surface area contributed by atoms with Crippen molar-refractivity contribution in [3.05, 3.63) is 193 Å². The lowest BCUT2D eigenvalue weighted by Gasteiger charge is -2.29. The maximum absolute atomic E-state index is 2.39. The Kier molecular flexibility index (Phi) is 7.19. The maximum Gasteiger partial charge on any atom is 0.0468 e. The maximum atomic E-state index is 2.39. The Balaban J connectivity index is 1.27. The third kappa shape index (κ3) is 5.18. The van der Waals surface area contributed by atoms with Crippen molar-refractivity contribution in [2.24, 2.45) is 0 Å². The van der Waals surface area contributed by atoms with Gasteiger partial charge in [0.25, 0.3) is 0 Å². The molecule has 0 heterocycles. The van der Waals surface area contributed by atoms with Crippen LogP contribution in [0.1, 0.15) is 25.0 Å². The first-order valence-electron chi connectivity index (χ1n) is 16.3. The van der Waals surface area contributed by atoms with E-state index in [0.29, 0.717) is 0 Å². The van der Waals surface area contributed by atoms with Crippen LogP contribution in [0, 0.1) is 0 Å². The highest BCUT2D eigenvalue weighted by molar-refractivity contribution is 5.88. The van der Waals surface area contributed by atoms with Gasteiger partial charge in [-0.15, -0.1) is 0 Å². The molecule has 47 heavy (non-hydrogen) atoms. The third-order valence-electron chi connectivity index (χ3n) is 9.43. The minimum Gasteiger partial charge on any atom is -0.311 e. The van der Waals surface area contributed by atoms with Crippen LogP contribution < -0.4 is 9.80 Å². The number of benzene rings is 7. The SMILES string of the molecule is CC1(C)c2ccccc2-c2cc(N(c3ccc(N(c4ccccc4)c4ccccc4)cc3)c3cccc(-c4ccccc4)c3)ccc21. The Morgan fingerprint density at radius 1 is 0.319 bits per heavy atom. The molecule has 0 spiro atoms. The van der Waals surface area contributed by atoms with E-state index in [1.165, 1.54) is 33.4 Å². The number of anilines is 6. The number of nitrogens with zero attached hydrogens (tertiary/aromatic N) is 2. The number of hydrogen-bond acceptors (Lipinski definition) is 2. The van der Waals surface area contributed by atoms with Gasteiger partial charge in [0, 0.05) is 39.5 Å². The lowest BCUT2D eigenvalue weighted by molar-refractivity contribution is 0.660. The largest absolute Gasteiger partial charge is 0.311 e. The number of hydrogen-bond donors (Lipinski definition) is 0. The molecule has 8 rings (SSSR count). The van der Waals surface area contributed by atoms with Gasteiger partial charge in [0.05, 0.1) is 0 Å². The molecule has 0 unspecified atom stereocenters. The molecule has 0 amide bonds. The highest BCUT2D eigenvalue weighted by Gasteiger charge is 2.35. The molecule has 0 radical (unpaired) electrons. The van der Waals surface area contributed by atoms with Crippen molar-refractivity contribution < 1.29 is 0 Å². The van der Waals surface area contributed by atoms with Gasteiger partial charge < -0.3 is 9.80 Å². The lowest BCUT2D eigenvalue weighted by atomic mass is 9.82. The summed E-state index contributed by atoms with van der Waals surface area (Å²) in [5.74, 6) is 0. The van der Waals surface area contributed by atoms with Crippen molar-refractivity contribution >= 4 is 34.1 Å². The molecule has 0 bridgehead atoms. The summed E-state index contributed by atoms with van der Waals surface area (Å²) in [6.07, 6.45) is 0. The predicted molar refractivity (Wildman–Crippen MR) is 199 cm³/mol. The van der Waals surface area contributed by atoms with Crippen LogP contribution in [0.4, 0.5) is 34.1 Å². The van der Waals surface area contributed by atoms with Crippen LogP contribution >= 0.6 is 0 Å². The van der Waals surface area contributed by atoms with E-state index < -0.39 is 0 Å². The van der Waals surface area contributed by atoms with Crippen LogP contribution in [-0.4, -0.2) is 0 Å². The second-order valence-electron chi connectivity index (χ2n) is 12.7. The summed E-state index contributed by atoms with van der Waals surface area (Å²) in [6, 6.07) is 65.4. The summed E-state index contributed by atoms with van der Waals surface area (Å²) in [7, 11) is 0. The molecule has 0 saturated carbocycles. The molecule has 0 saturated heterocycles. The van der Waals surface area contributed by atoms with Crippen LogP contribution in [0.2, 0.25) is 0 Å². The Labute approximate surface area is 277 Å². The van der Waals surface area contributed by atoms with Crippen LogP contribution in [0.25, 0.3) is 22.3 Å². The van der Waals surface area contributed by atoms with Gasteiger partial charge in [-0.1, -0.05) is 123 Å². The van der Waals surface area contributed by atoms with Gasteiger partial charge in [-0.25, -0.2) is 0 Å². The van der Waals surface area contributed by atoms with E-state index in [2.05, 4.69) is 206 Å². The van der Waals surface area contributed by atoms with E-state index in [4.69, 9.17) is 0 Å². The molecule has 7 aromatic rings. The third-order valence-corrected chi connectivity index (χ3v) is 9.43. The quantitative estimate of drug-likeness (QED) is 0.179. The van der Waals surface area contributed by atoms with E-state index in [0.717, 1.165) is 34.1 Å². The van der Waals surface area contributed by atoms with Crippen molar-refractivity contribution in [1.29, 1.82) is 0 Å². The molecule has 1 aliphatic rings. The van der Waals surface area contributed by atoms with Gasteiger partial charge >= 0.3 is 0 Å². The van der Waals surface area contributed by atoms with Gasteiger partial charge in [-0.3, -0.25) is 0 Å². The Morgan fingerprint density at radius 3 is 1.38 bits per heavy atom. The lowest BCUT2D eigenvalue weighted by Crippen LogP contribution is -2.15. The minimum absolute atomic E-state index is 0.0392. The second-order valence-corrected chi connectivity index (χ2v) is 12.7. The van der Waals surface area contributed by atoms with Gasteiger partial charge in [-0.2, -0.15) is 0 Å². The molecule has 1 aliphatic carbocycles. The first-order valence-corrected chi connectivity index (χ1v) is 16.3. The topological polar surface area (TPSA) is 6.48 Å². The fraction of sp³-hybridized carbons (Fsp3) is 0.0667. The van der Waals surface area contributed by atoms with Crippen LogP contribution in [0.15, 0.2) is 182 Å². The Bertz CT molecular complexity index is 2110. The van der Waals surface area contributed by atoms with Gasteiger partial charge in [-0.05, 0) is 106 Å². The standard InChI is InChI=1S/C45H36N2/c1-45(2)43-24-13-12-23-41(43)42-32-40(29-30-44(42)45)47(39-22-14-17-34(31-39)33-15-6-3-7-16-33)38-27-25-37(26-28-38)46(35-18-8-4-9-19-35)36-20-10-5-11-21-36/h3-32H,1-2H3. The van der Waals surface area contributed by atoms with Gasteiger partial charge in [0.15, 0.2) is 0 Å². The summed E-state index contributed by atoms with van der Waals surface area (Å²) in [5, 5.41) is 0. The molecule has 0 aromatic heterocycles. The van der Waals surface area contributed by atoms with Crippen molar-refractivity contribution in [3.8, 4) is 22.3 Å². The minimum atomic E-state index is -0.0392. The Morgan fingerprint density at radius 2 is 0.745 bits per heavy atom. The molecule has 0 N–H and O–H groups in total. The van der Waals surface area contributed by atoms with Crippen molar-refractivity contribution in [1.82, 2.24) is 0 Å². The molecule has 226 valence electrons. The molecular formula is C45H36N2. The van der Waals surface area contributed by atoms with E-state index in [1.807, 2.05) is 0 Å². The summed E-state index contributed by atoms with van der Waals surface area (Å²) in [5.41, 5.74) is 14.5. The van der Waals surface area contributed by atoms with Crippen molar-refractivity contribution in [3.63, 3.8) is 0 Å². The van der Waals surface area contributed by atoms with E-state index in [1.54, 1.807) is 0 Å². The average Bonchev–Trinajstić information content (AvgIpc) is 3.36. The normalized spacial score (nSPS) is 12.6. The zero-order valence-corrected chi connectivity index (χ0v) is 26.7. The fourth-order valence-corrected chi connectivity index (χ4v) is 7.10. The molecule has 0 atom stereocenters. The average molecular weight is 605 g/mol. The predicted octanol–water partition coefficient (Wildman–Crippen LogP) is 12.6. The molecule has 0 aliphatic heterocycles. The first-order chi connectivity index (χ1) is 23.1. The molecule has 7 aromatic carbocycles. The highest BCUT2D eigenvalue weighted by Crippen LogP contribution is 2.50. The summed E-state index contributed by atoms with van der Waals surface area (Å²) >= 11 is 0. The van der Waals surface area contributed by atoms with Gasteiger partial charge in [0.2, 0.25) is 0 Å². The highest BCUT2D eigenvalue weighted by atomic mass is 15.2. The van der Waals surface area contributed by atoms with Crippen LogP contribution in [-0.2, 0) is 5.41 Å². The monoisotopic (exact) mass is 604 g/mol. The van der Waals surface area contributed by atoms with E-state index in [9.17, 15) is 0 Å². The second kappa shape index (κ2) is 11.8. The smallest absolute Gasteiger partial charge is 0.0468 e. The van der Waals surface area contributed by atoms with Crippen molar-refractivity contribution in [2.75, 3.05) is 9.80 Å².